The quantitative estimate of drug-likeness (QED) is 0.881. The molecular formula is C16H17ClN2O3S. The molecular weight excluding hydrogens is 336 g/mol. The molecule has 2 N–H and O–H groups in total. The van der Waals surface area contributed by atoms with Crippen molar-refractivity contribution in [3.05, 3.63) is 46.3 Å². The summed E-state index contributed by atoms with van der Waals surface area (Å²) in [6, 6.07) is 11.0. The topological polar surface area (TPSA) is 59.6 Å². The van der Waals surface area contributed by atoms with Gasteiger partial charge in [0.25, 0.3) is 0 Å². The van der Waals surface area contributed by atoms with Gasteiger partial charge in [-0.2, -0.15) is 0 Å². The number of anilines is 1. The van der Waals surface area contributed by atoms with E-state index in [9.17, 15) is 4.79 Å². The second-order valence-electron chi connectivity index (χ2n) is 5.23. The summed E-state index contributed by atoms with van der Waals surface area (Å²) in [7, 11) is 1.64. The molecule has 1 saturated heterocycles. The third-order valence-electron chi connectivity index (χ3n) is 3.75. The Bertz CT molecular complexity index is 674. The Balaban J connectivity index is 1.62. The van der Waals surface area contributed by atoms with Crippen LogP contribution in [0.1, 0.15) is 11.5 Å². The fraction of sp³-hybridized carbons (Fsp3) is 0.312. The summed E-state index contributed by atoms with van der Waals surface area (Å²) >= 11 is 7.18. The summed E-state index contributed by atoms with van der Waals surface area (Å²) < 4.78 is 11.4. The Labute approximate surface area is 143 Å². The highest BCUT2D eigenvalue weighted by Crippen LogP contribution is 2.28. The minimum absolute atomic E-state index is 0.0705. The molecule has 1 aliphatic heterocycles. The maximum atomic E-state index is 12.1. The Kier molecular flexibility index (Phi) is 5.05. The summed E-state index contributed by atoms with van der Waals surface area (Å²) in [4.78, 5) is 12.1. The van der Waals surface area contributed by atoms with Gasteiger partial charge in [-0.25, -0.2) is 4.79 Å². The minimum atomic E-state index is -0.252. The van der Waals surface area contributed by atoms with Crippen molar-refractivity contribution < 1.29 is 14.3 Å². The first kappa shape index (κ1) is 16.1. The van der Waals surface area contributed by atoms with Crippen LogP contribution >= 0.6 is 22.9 Å². The summed E-state index contributed by atoms with van der Waals surface area (Å²) in [5, 5.41) is 6.47. The van der Waals surface area contributed by atoms with Crippen LogP contribution in [0.2, 0.25) is 4.34 Å². The number of ether oxygens (including phenoxy) is 2. The first-order chi connectivity index (χ1) is 11.2. The van der Waals surface area contributed by atoms with Crippen LogP contribution in [0.5, 0.6) is 5.75 Å². The predicted molar refractivity (Wildman–Crippen MR) is 91.8 cm³/mol. The van der Waals surface area contributed by atoms with Crippen molar-refractivity contribution in [3.63, 3.8) is 0 Å². The summed E-state index contributed by atoms with van der Waals surface area (Å²) in [5.41, 5.74) is 1.12. The second-order valence-corrected chi connectivity index (χ2v) is 6.94. The Morgan fingerprint density at radius 3 is 2.70 bits per heavy atom. The number of rotatable bonds is 4. The first-order valence-corrected chi connectivity index (χ1v) is 8.39. The number of urea groups is 1. The van der Waals surface area contributed by atoms with Crippen LogP contribution in [0, 0.1) is 0 Å². The number of amides is 2. The SMILES string of the molecule is COc1ccc([C@@H]2COC[C@@H]2NC(=O)Nc2ccc(Cl)s2)cc1. The van der Waals surface area contributed by atoms with E-state index in [4.69, 9.17) is 21.1 Å². The van der Waals surface area contributed by atoms with Gasteiger partial charge in [-0.3, -0.25) is 5.32 Å². The van der Waals surface area contributed by atoms with E-state index in [2.05, 4.69) is 10.6 Å². The van der Waals surface area contributed by atoms with E-state index in [0.717, 1.165) is 11.3 Å². The maximum Gasteiger partial charge on any atom is 0.320 e. The molecule has 2 aromatic rings. The zero-order chi connectivity index (χ0) is 16.2. The van der Waals surface area contributed by atoms with E-state index >= 15 is 0 Å². The van der Waals surface area contributed by atoms with E-state index in [1.54, 1.807) is 19.2 Å². The highest BCUT2D eigenvalue weighted by molar-refractivity contribution is 7.20. The van der Waals surface area contributed by atoms with Crippen molar-refractivity contribution in [2.45, 2.75) is 12.0 Å². The van der Waals surface area contributed by atoms with Gasteiger partial charge in [0.2, 0.25) is 0 Å². The van der Waals surface area contributed by atoms with Gasteiger partial charge in [0.05, 0.1) is 35.7 Å². The lowest BCUT2D eigenvalue weighted by Gasteiger charge is -2.19. The van der Waals surface area contributed by atoms with Crippen LogP contribution in [0.25, 0.3) is 0 Å². The minimum Gasteiger partial charge on any atom is -0.497 e. The zero-order valence-electron chi connectivity index (χ0n) is 12.5. The molecule has 0 aliphatic carbocycles. The summed E-state index contributed by atoms with van der Waals surface area (Å²) in [6.07, 6.45) is 0. The van der Waals surface area contributed by atoms with Crippen LogP contribution in [-0.4, -0.2) is 32.4 Å². The molecule has 0 spiro atoms. The molecule has 2 amide bonds. The van der Waals surface area contributed by atoms with Crippen molar-refractivity contribution in [2.75, 3.05) is 25.6 Å². The molecule has 0 saturated carbocycles. The Hall–Kier alpha value is -1.76. The number of benzene rings is 1. The number of methoxy groups -OCH3 is 1. The fourth-order valence-corrected chi connectivity index (χ4v) is 3.51. The lowest BCUT2D eigenvalue weighted by atomic mass is 9.94. The molecule has 5 nitrogen and oxygen atoms in total. The largest absolute Gasteiger partial charge is 0.497 e. The van der Waals surface area contributed by atoms with Crippen molar-refractivity contribution >= 4 is 34.0 Å². The molecule has 3 rings (SSSR count). The van der Waals surface area contributed by atoms with Crippen LogP contribution < -0.4 is 15.4 Å². The molecule has 122 valence electrons. The third kappa shape index (κ3) is 3.96. The molecule has 1 aromatic carbocycles. The zero-order valence-corrected chi connectivity index (χ0v) is 14.1. The van der Waals surface area contributed by atoms with Crippen molar-refractivity contribution in [2.24, 2.45) is 0 Å². The maximum absolute atomic E-state index is 12.1. The lowest BCUT2D eigenvalue weighted by molar-refractivity contribution is 0.187. The second kappa shape index (κ2) is 7.21. The molecule has 2 atom stereocenters. The molecule has 0 radical (unpaired) electrons. The Morgan fingerprint density at radius 1 is 1.26 bits per heavy atom. The van der Waals surface area contributed by atoms with Gasteiger partial charge in [0.1, 0.15) is 5.75 Å². The highest BCUT2D eigenvalue weighted by Gasteiger charge is 2.31. The van der Waals surface area contributed by atoms with Crippen molar-refractivity contribution in [1.29, 1.82) is 0 Å². The van der Waals surface area contributed by atoms with Gasteiger partial charge in [-0.05, 0) is 29.8 Å². The van der Waals surface area contributed by atoms with Gasteiger partial charge in [0.15, 0.2) is 0 Å². The monoisotopic (exact) mass is 352 g/mol. The van der Waals surface area contributed by atoms with Gasteiger partial charge < -0.3 is 14.8 Å². The first-order valence-electron chi connectivity index (χ1n) is 7.20. The summed E-state index contributed by atoms with van der Waals surface area (Å²) in [6.45, 7) is 1.08. The normalized spacial score (nSPS) is 20.3. The van der Waals surface area contributed by atoms with Gasteiger partial charge in [-0.15, -0.1) is 11.3 Å². The molecule has 1 aliphatic rings. The van der Waals surface area contributed by atoms with Crippen LogP contribution in [0.15, 0.2) is 36.4 Å². The van der Waals surface area contributed by atoms with Gasteiger partial charge >= 0.3 is 6.03 Å². The standard InChI is InChI=1S/C16H17ClN2O3S/c1-21-11-4-2-10(3-5-11)12-8-22-9-13(12)18-16(20)19-15-7-6-14(17)23-15/h2-7,12-13H,8-9H2,1H3,(H2,18,19,20)/t12-,13-/m0/s1. The fourth-order valence-electron chi connectivity index (χ4n) is 2.57. The van der Waals surface area contributed by atoms with Crippen LogP contribution in [0.4, 0.5) is 9.80 Å². The van der Waals surface area contributed by atoms with E-state index in [-0.39, 0.29) is 18.0 Å². The molecule has 1 fully saturated rings. The summed E-state index contributed by atoms with van der Waals surface area (Å²) in [5.74, 6) is 0.933. The van der Waals surface area contributed by atoms with E-state index < -0.39 is 0 Å². The number of halogens is 1. The van der Waals surface area contributed by atoms with Crippen LogP contribution in [-0.2, 0) is 4.74 Å². The molecule has 0 unspecified atom stereocenters. The van der Waals surface area contributed by atoms with Crippen LogP contribution in [0.3, 0.4) is 0 Å². The molecule has 1 aromatic heterocycles. The van der Waals surface area contributed by atoms with E-state index in [1.807, 2.05) is 24.3 Å². The molecule has 2 heterocycles. The number of carbonyl (C=O) groups excluding carboxylic acids is 1. The average Bonchev–Trinajstić information content (AvgIpc) is 3.16. The van der Waals surface area contributed by atoms with E-state index in [0.29, 0.717) is 22.6 Å². The Morgan fingerprint density at radius 2 is 2.04 bits per heavy atom. The van der Waals surface area contributed by atoms with Crippen molar-refractivity contribution in [3.8, 4) is 5.75 Å². The number of hydrogen-bond acceptors (Lipinski definition) is 4. The number of nitrogens with one attached hydrogen (secondary N) is 2. The predicted octanol–water partition coefficient (Wildman–Crippen LogP) is 3.71. The van der Waals surface area contributed by atoms with Crippen molar-refractivity contribution in [1.82, 2.24) is 5.32 Å². The van der Waals surface area contributed by atoms with Gasteiger partial charge in [-0.1, -0.05) is 23.7 Å². The third-order valence-corrected chi connectivity index (χ3v) is 4.90. The number of thiophene rings is 1. The van der Waals surface area contributed by atoms with E-state index in [1.165, 1.54) is 11.3 Å². The lowest BCUT2D eigenvalue weighted by Crippen LogP contribution is -2.41. The van der Waals surface area contributed by atoms with Gasteiger partial charge in [0, 0.05) is 5.92 Å². The number of hydrogen-bond donors (Lipinski definition) is 2. The molecule has 23 heavy (non-hydrogen) atoms. The average molecular weight is 353 g/mol. The number of carbonyl (C=O) groups is 1. The highest BCUT2D eigenvalue weighted by atomic mass is 35.5. The smallest absolute Gasteiger partial charge is 0.320 e. The molecule has 7 heteroatoms. The molecule has 0 bridgehead atoms.